The zero-order chi connectivity index (χ0) is 11.1. The third kappa shape index (κ3) is 3.46. The molecule has 0 fully saturated rings. The third-order valence-electron chi connectivity index (χ3n) is 1.82. The summed E-state index contributed by atoms with van der Waals surface area (Å²) in [4.78, 5) is 11.1. The first-order valence-corrected chi connectivity index (χ1v) is 4.75. The molecule has 15 heavy (non-hydrogen) atoms. The second kappa shape index (κ2) is 5.86. The molecule has 0 saturated carbocycles. The molecule has 0 aliphatic rings. The maximum absolute atomic E-state index is 11.1. The summed E-state index contributed by atoms with van der Waals surface area (Å²) in [6, 6.07) is 7.47. The first-order chi connectivity index (χ1) is 7.27. The van der Waals surface area contributed by atoms with Crippen LogP contribution in [0.1, 0.15) is 12.5 Å². The minimum Gasteiger partial charge on any atom is -0.496 e. The van der Waals surface area contributed by atoms with Crippen LogP contribution >= 0.6 is 0 Å². The molecule has 0 atom stereocenters. The average Bonchev–Trinajstić information content (AvgIpc) is 2.27. The lowest BCUT2D eigenvalue weighted by atomic mass is 10.2. The first-order valence-electron chi connectivity index (χ1n) is 4.75. The van der Waals surface area contributed by atoms with Crippen molar-refractivity contribution in [3.8, 4) is 5.75 Å². The van der Waals surface area contributed by atoms with E-state index in [1.54, 1.807) is 20.1 Å². The number of esters is 1. The molecule has 3 nitrogen and oxygen atoms in total. The number of benzene rings is 1. The van der Waals surface area contributed by atoms with Gasteiger partial charge in [-0.3, -0.25) is 0 Å². The van der Waals surface area contributed by atoms with E-state index in [4.69, 9.17) is 9.47 Å². The molecule has 0 aliphatic heterocycles. The summed E-state index contributed by atoms with van der Waals surface area (Å²) < 4.78 is 9.90. The van der Waals surface area contributed by atoms with E-state index in [0.29, 0.717) is 6.61 Å². The average molecular weight is 206 g/mol. The Morgan fingerprint density at radius 3 is 2.80 bits per heavy atom. The van der Waals surface area contributed by atoms with Crippen LogP contribution in [0.2, 0.25) is 0 Å². The number of para-hydroxylation sites is 1. The minimum atomic E-state index is -0.344. The van der Waals surface area contributed by atoms with Crippen LogP contribution in [0.3, 0.4) is 0 Å². The summed E-state index contributed by atoms with van der Waals surface area (Å²) in [5, 5.41) is 0. The number of carbonyl (C=O) groups is 1. The Bertz CT molecular complexity index is 356. The number of hydrogen-bond donors (Lipinski definition) is 0. The smallest absolute Gasteiger partial charge is 0.330 e. The number of rotatable bonds is 4. The standard InChI is InChI=1S/C12H14O3/c1-3-15-12(13)9-8-10-6-4-5-7-11(10)14-2/h4-9H,3H2,1-2H3/b9-8+. The zero-order valence-electron chi connectivity index (χ0n) is 8.90. The van der Waals surface area contributed by atoms with E-state index in [9.17, 15) is 4.79 Å². The Morgan fingerprint density at radius 1 is 1.40 bits per heavy atom. The van der Waals surface area contributed by atoms with Crippen LogP contribution < -0.4 is 4.74 Å². The molecular weight excluding hydrogens is 192 g/mol. The van der Waals surface area contributed by atoms with E-state index in [1.165, 1.54) is 6.08 Å². The van der Waals surface area contributed by atoms with Gasteiger partial charge in [0.05, 0.1) is 13.7 Å². The molecule has 0 radical (unpaired) electrons. The second-order valence-corrected chi connectivity index (χ2v) is 2.83. The van der Waals surface area contributed by atoms with Crippen molar-refractivity contribution in [2.24, 2.45) is 0 Å². The summed E-state index contributed by atoms with van der Waals surface area (Å²) >= 11 is 0. The van der Waals surface area contributed by atoms with Gasteiger partial charge in [-0.15, -0.1) is 0 Å². The zero-order valence-corrected chi connectivity index (χ0v) is 8.90. The van der Waals surface area contributed by atoms with Crippen LogP contribution in [0.4, 0.5) is 0 Å². The van der Waals surface area contributed by atoms with Crippen LogP contribution in [0.25, 0.3) is 6.08 Å². The molecule has 0 bridgehead atoms. The van der Waals surface area contributed by atoms with Crippen molar-refractivity contribution in [1.29, 1.82) is 0 Å². The van der Waals surface area contributed by atoms with E-state index >= 15 is 0 Å². The van der Waals surface area contributed by atoms with Crippen LogP contribution in [0.5, 0.6) is 5.75 Å². The van der Waals surface area contributed by atoms with Gasteiger partial charge in [0.25, 0.3) is 0 Å². The van der Waals surface area contributed by atoms with Crippen LogP contribution in [-0.2, 0) is 9.53 Å². The molecule has 0 aliphatic carbocycles. The fourth-order valence-corrected chi connectivity index (χ4v) is 1.15. The maximum atomic E-state index is 11.1. The van der Waals surface area contributed by atoms with Crippen LogP contribution in [0.15, 0.2) is 30.3 Å². The number of methoxy groups -OCH3 is 1. The lowest BCUT2D eigenvalue weighted by Gasteiger charge is -2.03. The van der Waals surface area contributed by atoms with E-state index in [1.807, 2.05) is 24.3 Å². The molecule has 1 aromatic carbocycles. The van der Waals surface area contributed by atoms with Crippen molar-refractivity contribution in [2.45, 2.75) is 6.92 Å². The molecule has 1 rings (SSSR count). The minimum absolute atomic E-state index is 0.344. The molecule has 0 heterocycles. The van der Waals surface area contributed by atoms with Gasteiger partial charge in [-0.25, -0.2) is 4.79 Å². The topological polar surface area (TPSA) is 35.5 Å². The summed E-state index contributed by atoms with van der Waals surface area (Å²) in [7, 11) is 1.59. The molecule has 0 amide bonds. The Morgan fingerprint density at radius 2 is 2.13 bits per heavy atom. The Hall–Kier alpha value is -1.77. The predicted octanol–water partition coefficient (Wildman–Crippen LogP) is 2.27. The predicted molar refractivity (Wildman–Crippen MR) is 58.7 cm³/mol. The highest BCUT2D eigenvalue weighted by Gasteiger charge is 1.98. The van der Waals surface area contributed by atoms with Crippen molar-refractivity contribution < 1.29 is 14.3 Å². The van der Waals surface area contributed by atoms with Crippen molar-refractivity contribution >= 4 is 12.0 Å². The lowest BCUT2D eigenvalue weighted by molar-refractivity contribution is -0.137. The van der Waals surface area contributed by atoms with E-state index < -0.39 is 0 Å². The van der Waals surface area contributed by atoms with Gasteiger partial charge in [0.2, 0.25) is 0 Å². The van der Waals surface area contributed by atoms with Gasteiger partial charge in [-0.05, 0) is 19.1 Å². The number of ether oxygens (including phenoxy) is 2. The Kier molecular flexibility index (Phi) is 4.41. The van der Waals surface area contributed by atoms with Gasteiger partial charge in [0, 0.05) is 11.6 Å². The quantitative estimate of drug-likeness (QED) is 0.560. The molecule has 0 saturated heterocycles. The van der Waals surface area contributed by atoms with E-state index in [2.05, 4.69) is 0 Å². The SMILES string of the molecule is CCOC(=O)/C=C/c1ccccc1OC. The maximum Gasteiger partial charge on any atom is 0.330 e. The summed E-state index contributed by atoms with van der Waals surface area (Å²) in [5.74, 6) is 0.390. The summed E-state index contributed by atoms with van der Waals surface area (Å²) in [6.07, 6.45) is 3.07. The Labute approximate surface area is 89.3 Å². The van der Waals surface area contributed by atoms with Gasteiger partial charge in [-0.2, -0.15) is 0 Å². The highest BCUT2D eigenvalue weighted by molar-refractivity contribution is 5.87. The second-order valence-electron chi connectivity index (χ2n) is 2.83. The highest BCUT2D eigenvalue weighted by Crippen LogP contribution is 2.18. The van der Waals surface area contributed by atoms with Crippen LogP contribution in [-0.4, -0.2) is 19.7 Å². The van der Waals surface area contributed by atoms with Crippen molar-refractivity contribution in [3.63, 3.8) is 0 Å². The molecule has 0 unspecified atom stereocenters. The van der Waals surface area contributed by atoms with E-state index in [-0.39, 0.29) is 5.97 Å². The fourth-order valence-electron chi connectivity index (χ4n) is 1.15. The summed E-state index contributed by atoms with van der Waals surface area (Å²) in [6.45, 7) is 2.16. The summed E-state index contributed by atoms with van der Waals surface area (Å²) in [5.41, 5.74) is 0.855. The van der Waals surface area contributed by atoms with Crippen LogP contribution in [0, 0.1) is 0 Å². The van der Waals surface area contributed by atoms with Gasteiger partial charge < -0.3 is 9.47 Å². The number of carbonyl (C=O) groups excluding carboxylic acids is 1. The van der Waals surface area contributed by atoms with Crippen molar-refractivity contribution in [2.75, 3.05) is 13.7 Å². The highest BCUT2D eigenvalue weighted by atomic mass is 16.5. The van der Waals surface area contributed by atoms with E-state index in [0.717, 1.165) is 11.3 Å². The molecule has 3 heteroatoms. The first kappa shape index (κ1) is 11.3. The lowest BCUT2D eigenvalue weighted by Crippen LogP contribution is -1.98. The third-order valence-corrected chi connectivity index (χ3v) is 1.82. The van der Waals surface area contributed by atoms with Gasteiger partial charge in [-0.1, -0.05) is 18.2 Å². The van der Waals surface area contributed by atoms with Crippen molar-refractivity contribution in [1.82, 2.24) is 0 Å². The number of hydrogen-bond acceptors (Lipinski definition) is 3. The molecule has 0 spiro atoms. The fraction of sp³-hybridized carbons (Fsp3) is 0.250. The Balaban J connectivity index is 2.75. The molecule has 80 valence electrons. The monoisotopic (exact) mass is 206 g/mol. The van der Waals surface area contributed by atoms with Gasteiger partial charge >= 0.3 is 5.97 Å². The molecule has 0 aromatic heterocycles. The molecule has 0 N–H and O–H groups in total. The molecular formula is C12H14O3. The van der Waals surface area contributed by atoms with Crippen molar-refractivity contribution in [3.05, 3.63) is 35.9 Å². The molecule has 1 aromatic rings. The normalized spacial score (nSPS) is 10.3. The largest absolute Gasteiger partial charge is 0.496 e. The van der Waals surface area contributed by atoms with Gasteiger partial charge in [0.15, 0.2) is 0 Å². The van der Waals surface area contributed by atoms with Gasteiger partial charge in [0.1, 0.15) is 5.75 Å².